The van der Waals surface area contributed by atoms with Gasteiger partial charge in [0.05, 0.1) is 17.1 Å². The largest absolute Gasteiger partial charge is 0.419 e. The number of fused-ring (bicyclic) bond motifs is 1. The lowest BCUT2D eigenvalue weighted by atomic mass is 9.74. The third-order valence-electron chi connectivity index (χ3n) is 7.95. The summed E-state index contributed by atoms with van der Waals surface area (Å²) in [6, 6.07) is 16.2. The molecule has 0 spiro atoms. The van der Waals surface area contributed by atoms with E-state index in [0.29, 0.717) is 18.5 Å². The van der Waals surface area contributed by atoms with Crippen LogP contribution >= 0.6 is 0 Å². The molecule has 1 N–H and O–H groups in total. The summed E-state index contributed by atoms with van der Waals surface area (Å²) in [6.45, 7) is 2.98. The Morgan fingerprint density at radius 3 is 2.31 bits per heavy atom. The summed E-state index contributed by atoms with van der Waals surface area (Å²) >= 11 is 0. The summed E-state index contributed by atoms with van der Waals surface area (Å²) in [4.78, 5) is 2.40. The van der Waals surface area contributed by atoms with Gasteiger partial charge in [0.15, 0.2) is 0 Å². The third kappa shape index (κ3) is 5.11. The number of nitrogens with zero attached hydrogens (tertiary/aromatic N) is 2. The number of sulfonamides is 1. The van der Waals surface area contributed by atoms with Gasteiger partial charge in [0.25, 0.3) is 0 Å². The Morgan fingerprint density at radius 2 is 1.64 bits per heavy atom. The first kappa shape index (κ1) is 27.8. The smallest absolute Gasteiger partial charge is 0.395 e. The molecule has 3 atom stereocenters. The van der Waals surface area contributed by atoms with E-state index in [-0.39, 0.29) is 47.2 Å². The van der Waals surface area contributed by atoms with Crippen LogP contribution in [0.5, 0.6) is 0 Å². The molecule has 2 fully saturated rings. The molecule has 39 heavy (non-hydrogen) atoms. The SMILES string of the molecule is Cc1ccccc1S(=O)(=O)N1CCCCN2C(C1)[C@H](c1ccc(-c3cccc(F)c3C(F)(F)F)cc1)[C@H]2CO. The minimum atomic E-state index is -4.85. The molecule has 2 aliphatic heterocycles. The molecule has 5 rings (SSSR count). The highest BCUT2D eigenvalue weighted by molar-refractivity contribution is 7.89. The highest BCUT2D eigenvalue weighted by Gasteiger charge is 2.50. The van der Waals surface area contributed by atoms with Crippen LogP contribution in [-0.4, -0.2) is 61.1 Å². The van der Waals surface area contributed by atoms with Gasteiger partial charge in [0.1, 0.15) is 5.82 Å². The molecule has 5 nitrogen and oxygen atoms in total. The van der Waals surface area contributed by atoms with Gasteiger partial charge in [0.2, 0.25) is 10.0 Å². The Bertz CT molecular complexity index is 1440. The first-order valence-electron chi connectivity index (χ1n) is 12.9. The topological polar surface area (TPSA) is 60.9 Å². The van der Waals surface area contributed by atoms with Crippen molar-refractivity contribution in [2.24, 2.45) is 0 Å². The molecule has 0 saturated carbocycles. The summed E-state index contributed by atoms with van der Waals surface area (Å²) in [5.41, 5.74) is 0.129. The second-order valence-corrected chi connectivity index (χ2v) is 12.1. The van der Waals surface area contributed by atoms with Crippen molar-refractivity contribution in [1.82, 2.24) is 9.21 Å². The zero-order valence-electron chi connectivity index (χ0n) is 21.4. The quantitative estimate of drug-likeness (QED) is 0.421. The van der Waals surface area contributed by atoms with E-state index in [9.17, 15) is 31.1 Å². The lowest BCUT2D eigenvalue weighted by Crippen LogP contribution is -2.67. The molecule has 208 valence electrons. The maximum Gasteiger partial charge on any atom is 0.419 e. The van der Waals surface area contributed by atoms with Gasteiger partial charge in [-0.15, -0.1) is 0 Å². The first-order valence-corrected chi connectivity index (χ1v) is 14.4. The van der Waals surface area contributed by atoms with Crippen LogP contribution in [0.2, 0.25) is 0 Å². The van der Waals surface area contributed by atoms with E-state index in [2.05, 4.69) is 4.90 Å². The molecule has 2 heterocycles. The standard InChI is InChI=1S/C29H30F4N2O3S/c1-19-7-2-3-10-26(19)39(37,38)34-15-4-5-16-35-24(17-34)27(25(35)18-36)21-13-11-20(12-14-21)22-8-6-9-23(30)28(22)29(31,32)33/h2-3,6-14,24-25,27,36H,4-5,15-18H2,1H3/t24?,25-,27+/m1/s1. The highest BCUT2D eigenvalue weighted by atomic mass is 32.2. The van der Waals surface area contributed by atoms with Crippen molar-refractivity contribution in [3.8, 4) is 11.1 Å². The van der Waals surface area contributed by atoms with Gasteiger partial charge in [-0.1, -0.05) is 54.6 Å². The molecule has 10 heteroatoms. The predicted molar refractivity (Wildman–Crippen MR) is 140 cm³/mol. The van der Waals surface area contributed by atoms with Crippen LogP contribution < -0.4 is 0 Å². The number of aliphatic hydroxyl groups excluding tert-OH is 1. The number of rotatable bonds is 5. The van der Waals surface area contributed by atoms with Crippen LogP contribution in [0.4, 0.5) is 17.6 Å². The Kier molecular flexibility index (Phi) is 7.58. The second-order valence-electron chi connectivity index (χ2n) is 10.2. The van der Waals surface area contributed by atoms with E-state index in [1.54, 1.807) is 43.3 Å². The van der Waals surface area contributed by atoms with Crippen molar-refractivity contribution in [3.63, 3.8) is 0 Å². The lowest BCUT2D eigenvalue weighted by Gasteiger charge is -2.57. The fourth-order valence-electron chi connectivity index (χ4n) is 6.05. The maximum atomic E-state index is 14.1. The van der Waals surface area contributed by atoms with Crippen molar-refractivity contribution in [1.29, 1.82) is 0 Å². The van der Waals surface area contributed by atoms with Gasteiger partial charge in [0, 0.05) is 31.1 Å². The minimum absolute atomic E-state index is 0.129. The fraction of sp³-hybridized carbons (Fsp3) is 0.379. The van der Waals surface area contributed by atoms with Crippen LogP contribution in [0, 0.1) is 12.7 Å². The number of benzene rings is 3. The molecule has 0 aromatic heterocycles. The molecule has 0 amide bonds. The molecule has 0 radical (unpaired) electrons. The number of hydrogen-bond donors (Lipinski definition) is 1. The number of halogens is 4. The normalized spacial score (nSPS) is 23.0. The van der Waals surface area contributed by atoms with E-state index >= 15 is 0 Å². The summed E-state index contributed by atoms with van der Waals surface area (Å²) in [7, 11) is -3.75. The number of aryl methyl sites for hydroxylation is 1. The molecule has 2 saturated heterocycles. The summed E-state index contributed by atoms with van der Waals surface area (Å²) < 4.78 is 83.6. The van der Waals surface area contributed by atoms with Gasteiger partial charge in [-0.05, 0) is 60.7 Å². The molecule has 1 unspecified atom stereocenters. The summed E-state index contributed by atoms with van der Waals surface area (Å²) in [5, 5.41) is 10.2. The highest BCUT2D eigenvalue weighted by Crippen LogP contribution is 2.44. The van der Waals surface area contributed by atoms with Crippen LogP contribution in [0.1, 0.15) is 35.4 Å². The fourth-order valence-corrected chi connectivity index (χ4v) is 7.77. The molecular weight excluding hydrogens is 532 g/mol. The van der Waals surface area contributed by atoms with Gasteiger partial charge >= 0.3 is 6.18 Å². The summed E-state index contributed by atoms with van der Waals surface area (Å²) in [6.07, 6.45) is -3.38. The van der Waals surface area contributed by atoms with Crippen molar-refractivity contribution in [2.75, 3.05) is 26.2 Å². The van der Waals surface area contributed by atoms with Gasteiger partial charge in [-0.3, -0.25) is 4.90 Å². The maximum absolute atomic E-state index is 14.1. The molecule has 0 bridgehead atoms. The van der Waals surface area contributed by atoms with Crippen molar-refractivity contribution < 1.29 is 31.1 Å². The van der Waals surface area contributed by atoms with E-state index in [1.807, 2.05) is 0 Å². The molecule has 0 aliphatic carbocycles. The zero-order chi connectivity index (χ0) is 27.9. The Labute approximate surface area is 225 Å². The third-order valence-corrected chi connectivity index (χ3v) is 9.97. The van der Waals surface area contributed by atoms with Crippen molar-refractivity contribution in [3.05, 3.63) is 89.2 Å². The van der Waals surface area contributed by atoms with Gasteiger partial charge < -0.3 is 5.11 Å². The predicted octanol–water partition coefficient (Wildman–Crippen LogP) is 5.43. The molecule has 2 aliphatic rings. The van der Waals surface area contributed by atoms with E-state index in [4.69, 9.17) is 0 Å². The van der Waals surface area contributed by atoms with Crippen molar-refractivity contribution >= 4 is 10.0 Å². The molecule has 3 aromatic carbocycles. The molecule has 3 aromatic rings. The van der Waals surface area contributed by atoms with E-state index in [0.717, 1.165) is 24.6 Å². The van der Waals surface area contributed by atoms with Crippen LogP contribution in [0.25, 0.3) is 11.1 Å². The van der Waals surface area contributed by atoms with Crippen molar-refractivity contribution in [2.45, 2.75) is 48.8 Å². The number of hydrogen-bond acceptors (Lipinski definition) is 4. The average molecular weight is 563 g/mol. The van der Waals surface area contributed by atoms with E-state index < -0.39 is 27.6 Å². The lowest BCUT2D eigenvalue weighted by molar-refractivity contribution is -0.139. The summed E-state index contributed by atoms with van der Waals surface area (Å²) in [5.74, 6) is -1.55. The van der Waals surface area contributed by atoms with Crippen LogP contribution in [0.3, 0.4) is 0 Å². The van der Waals surface area contributed by atoms with Crippen LogP contribution in [0.15, 0.2) is 71.6 Å². The second kappa shape index (κ2) is 10.6. The Hall–Kier alpha value is -2.79. The van der Waals surface area contributed by atoms with E-state index in [1.165, 1.54) is 28.6 Å². The monoisotopic (exact) mass is 562 g/mol. The first-order chi connectivity index (χ1) is 18.5. The molecular formula is C29H30F4N2O3S. The number of alkyl halides is 3. The zero-order valence-corrected chi connectivity index (χ0v) is 22.2. The minimum Gasteiger partial charge on any atom is -0.395 e. The Balaban J connectivity index is 1.46. The Morgan fingerprint density at radius 1 is 0.949 bits per heavy atom. The van der Waals surface area contributed by atoms with Gasteiger partial charge in [-0.25, -0.2) is 12.8 Å². The van der Waals surface area contributed by atoms with Crippen LogP contribution in [-0.2, 0) is 16.2 Å². The van der Waals surface area contributed by atoms with Gasteiger partial charge in [-0.2, -0.15) is 17.5 Å². The number of aliphatic hydroxyl groups is 1. The average Bonchev–Trinajstić information content (AvgIpc) is 2.87.